The highest BCUT2D eigenvalue weighted by Gasteiger charge is 2.49. The maximum absolute atomic E-state index is 12.7. The minimum Gasteiger partial charge on any atom is -0.373 e. The van der Waals surface area contributed by atoms with Gasteiger partial charge in [-0.2, -0.15) is 10.1 Å². The highest BCUT2D eigenvalue weighted by atomic mass is 35.5. The molecule has 4 heterocycles. The molecule has 3 fully saturated rings. The Morgan fingerprint density at radius 3 is 2.70 bits per heavy atom. The van der Waals surface area contributed by atoms with Gasteiger partial charge in [0.15, 0.2) is 15.7 Å². The van der Waals surface area contributed by atoms with Crippen LogP contribution < -0.4 is 10.6 Å². The summed E-state index contributed by atoms with van der Waals surface area (Å²) in [6, 6.07) is -0.186. The van der Waals surface area contributed by atoms with Crippen molar-refractivity contribution in [3.05, 3.63) is 23.6 Å². The lowest BCUT2D eigenvalue weighted by Crippen LogP contribution is -2.37. The van der Waals surface area contributed by atoms with Gasteiger partial charge in [-0.3, -0.25) is 4.68 Å². The standard InChI is InChI=1S/C21H29ClN6O4S/c1-12-3-13(4-12)10-33(29,30)11-14-8-31-19-17(9-32-18(14)19)26-20-16(22)6-23-21(27-20)25-15-5-24-28(2)7-15/h5-7,12-14,17-19H,3-4,8-11H2,1-2H3,(H2,23,25,26,27). The van der Waals surface area contributed by atoms with Crippen molar-refractivity contribution in [2.24, 2.45) is 24.8 Å². The molecule has 2 aromatic heterocycles. The van der Waals surface area contributed by atoms with Gasteiger partial charge < -0.3 is 20.1 Å². The summed E-state index contributed by atoms with van der Waals surface area (Å²) >= 11 is 6.33. The smallest absolute Gasteiger partial charge is 0.229 e. The first-order valence-electron chi connectivity index (χ1n) is 11.2. The van der Waals surface area contributed by atoms with Crippen molar-refractivity contribution in [2.75, 3.05) is 35.4 Å². The SMILES string of the molecule is CC1CC(CS(=O)(=O)CC2COC3C(Nc4nc(Nc5cnn(C)c5)ncc4Cl)COC23)C1. The number of ether oxygens (including phenoxy) is 2. The number of halogens is 1. The number of fused-ring (bicyclic) bond motifs is 1. The normalized spacial score (nSPS) is 31.2. The first kappa shape index (κ1) is 22.8. The fourth-order valence-corrected chi connectivity index (χ4v) is 7.33. The highest BCUT2D eigenvalue weighted by Crippen LogP contribution is 2.37. The number of aromatic nitrogens is 4. The Bertz CT molecular complexity index is 1110. The van der Waals surface area contributed by atoms with E-state index in [9.17, 15) is 8.42 Å². The quantitative estimate of drug-likeness (QED) is 0.566. The van der Waals surface area contributed by atoms with Crippen LogP contribution in [-0.4, -0.2) is 71.1 Å². The van der Waals surface area contributed by atoms with Crippen LogP contribution in [0.15, 0.2) is 18.6 Å². The Balaban J connectivity index is 1.20. The lowest BCUT2D eigenvalue weighted by molar-refractivity contribution is 0.0656. The molecular weight excluding hydrogens is 468 g/mol. The van der Waals surface area contributed by atoms with Gasteiger partial charge in [0.2, 0.25) is 5.95 Å². The molecule has 0 amide bonds. The van der Waals surface area contributed by atoms with Gasteiger partial charge in [-0.15, -0.1) is 0 Å². The van der Waals surface area contributed by atoms with Crippen LogP contribution in [0.25, 0.3) is 0 Å². The number of sulfone groups is 1. The first-order valence-corrected chi connectivity index (χ1v) is 13.4. The van der Waals surface area contributed by atoms with Crippen LogP contribution in [0.2, 0.25) is 5.02 Å². The summed E-state index contributed by atoms with van der Waals surface area (Å²) in [5.41, 5.74) is 0.759. The molecule has 0 radical (unpaired) electrons. The van der Waals surface area contributed by atoms with Crippen molar-refractivity contribution in [1.82, 2.24) is 19.7 Å². The van der Waals surface area contributed by atoms with E-state index in [-0.39, 0.29) is 35.7 Å². The van der Waals surface area contributed by atoms with Crippen LogP contribution in [-0.2, 0) is 26.4 Å². The predicted octanol–water partition coefficient (Wildman–Crippen LogP) is 2.26. The van der Waals surface area contributed by atoms with E-state index in [1.807, 2.05) is 13.2 Å². The molecule has 2 aliphatic heterocycles. The van der Waals surface area contributed by atoms with Gasteiger partial charge >= 0.3 is 0 Å². The van der Waals surface area contributed by atoms with E-state index in [1.54, 1.807) is 10.9 Å². The number of hydrogen-bond acceptors (Lipinski definition) is 9. The predicted molar refractivity (Wildman–Crippen MR) is 124 cm³/mol. The minimum absolute atomic E-state index is 0.110. The summed E-state index contributed by atoms with van der Waals surface area (Å²) in [5, 5.41) is 10.9. The average Bonchev–Trinajstić information content (AvgIpc) is 3.42. The number of rotatable bonds is 8. The number of nitrogens with zero attached hydrogens (tertiary/aromatic N) is 4. The summed E-state index contributed by atoms with van der Waals surface area (Å²) < 4.78 is 39.1. The van der Waals surface area contributed by atoms with Gasteiger partial charge in [0, 0.05) is 19.2 Å². The number of hydrogen-bond donors (Lipinski definition) is 2. The largest absolute Gasteiger partial charge is 0.373 e. The topological polar surface area (TPSA) is 120 Å². The molecule has 2 aromatic rings. The van der Waals surface area contributed by atoms with E-state index in [1.165, 1.54) is 6.20 Å². The van der Waals surface area contributed by atoms with Crippen LogP contribution in [0.5, 0.6) is 0 Å². The molecule has 3 aliphatic rings. The van der Waals surface area contributed by atoms with Gasteiger partial charge in [0.1, 0.15) is 11.1 Å². The molecule has 0 spiro atoms. The molecule has 5 rings (SSSR count). The van der Waals surface area contributed by atoms with Gasteiger partial charge in [-0.1, -0.05) is 18.5 Å². The second-order valence-electron chi connectivity index (χ2n) is 9.54. The van der Waals surface area contributed by atoms with Gasteiger partial charge in [-0.05, 0) is 24.7 Å². The zero-order chi connectivity index (χ0) is 23.2. The second kappa shape index (κ2) is 9.01. The molecule has 1 saturated carbocycles. The third kappa shape index (κ3) is 5.11. The van der Waals surface area contributed by atoms with Crippen molar-refractivity contribution in [3.8, 4) is 0 Å². The molecule has 1 aliphatic carbocycles. The van der Waals surface area contributed by atoms with Crippen molar-refractivity contribution < 1.29 is 17.9 Å². The Labute approximate surface area is 198 Å². The summed E-state index contributed by atoms with van der Waals surface area (Å²) in [6.45, 7) is 2.93. The molecule has 4 unspecified atom stereocenters. The molecule has 2 N–H and O–H groups in total. The zero-order valence-corrected chi connectivity index (χ0v) is 20.2. The summed E-state index contributed by atoms with van der Waals surface area (Å²) in [6.07, 6.45) is 6.51. The Hall–Kier alpha value is -1.95. The molecule has 180 valence electrons. The van der Waals surface area contributed by atoms with Crippen molar-refractivity contribution in [2.45, 2.75) is 38.0 Å². The van der Waals surface area contributed by atoms with Crippen LogP contribution in [0, 0.1) is 17.8 Å². The molecule has 2 saturated heterocycles. The Morgan fingerprint density at radius 1 is 1.18 bits per heavy atom. The Kier molecular flexibility index (Phi) is 6.23. The van der Waals surface area contributed by atoms with Crippen LogP contribution in [0.3, 0.4) is 0 Å². The first-order chi connectivity index (χ1) is 15.8. The fourth-order valence-electron chi connectivity index (χ4n) is 5.12. The summed E-state index contributed by atoms with van der Waals surface area (Å²) in [4.78, 5) is 8.69. The van der Waals surface area contributed by atoms with Crippen molar-refractivity contribution >= 4 is 38.9 Å². The molecular formula is C21H29ClN6O4S. The third-order valence-corrected chi connectivity index (χ3v) is 8.80. The van der Waals surface area contributed by atoms with Gasteiger partial charge in [0.05, 0.1) is 54.9 Å². The third-order valence-electron chi connectivity index (χ3n) is 6.61. The number of aryl methyl sites for hydroxylation is 1. The second-order valence-corrected chi connectivity index (χ2v) is 12.1. The zero-order valence-electron chi connectivity index (χ0n) is 18.6. The van der Waals surface area contributed by atoms with E-state index < -0.39 is 9.84 Å². The lowest BCUT2D eigenvalue weighted by atomic mass is 9.77. The van der Waals surface area contributed by atoms with Crippen LogP contribution in [0.4, 0.5) is 17.5 Å². The molecule has 12 heteroatoms. The van der Waals surface area contributed by atoms with Crippen LogP contribution >= 0.6 is 11.6 Å². The van der Waals surface area contributed by atoms with Crippen molar-refractivity contribution in [1.29, 1.82) is 0 Å². The summed E-state index contributed by atoms with van der Waals surface area (Å²) in [5.74, 6) is 2.01. The van der Waals surface area contributed by atoms with Crippen molar-refractivity contribution in [3.63, 3.8) is 0 Å². The average molecular weight is 497 g/mol. The van der Waals surface area contributed by atoms with Gasteiger partial charge in [0.25, 0.3) is 0 Å². The van der Waals surface area contributed by atoms with E-state index in [0.29, 0.717) is 41.8 Å². The molecule has 0 bridgehead atoms. The number of anilines is 3. The summed E-state index contributed by atoms with van der Waals surface area (Å²) in [7, 11) is -1.32. The highest BCUT2D eigenvalue weighted by molar-refractivity contribution is 7.91. The van der Waals surface area contributed by atoms with Crippen LogP contribution in [0.1, 0.15) is 19.8 Å². The minimum atomic E-state index is -3.14. The van der Waals surface area contributed by atoms with E-state index in [4.69, 9.17) is 21.1 Å². The molecule has 33 heavy (non-hydrogen) atoms. The van der Waals surface area contributed by atoms with E-state index in [2.05, 4.69) is 32.6 Å². The fraction of sp³-hybridized carbons (Fsp3) is 0.667. The maximum atomic E-state index is 12.7. The van der Waals surface area contributed by atoms with E-state index in [0.717, 1.165) is 18.5 Å². The maximum Gasteiger partial charge on any atom is 0.229 e. The lowest BCUT2D eigenvalue weighted by Gasteiger charge is -2.32. The molecule has 4 atom stereocenters. The molecule has 0 aromatic carbocycles. The van der Waals surface area contributed by atoms with E-state index >= 15 is 0 Å². The van der Waals surface area contributed by atoms with Gasteiger partial charge in [-0.25, -0.2) is 13.4 Å². The molecule has 10 nitrogen and oxygen atoms in total. The Morgan fingerprint density at radius 2 is 1.97 bits per heavy atom. The number of nitrogens with one attached hydrogen (secondary N) is 2. The monoisotopic (exact) mass is 496 g/mol.